The van der Waals surface area contributed by atoms with Crippen molar-refractivity contribution in [1.29, 1.82) is 0 Å². The number of nitrogens with zero attached hydrogens (tertiary/aromatic N) is 1. The predicted molar refractivity (Wildman–Crippen MR) is 91.8 cm³/mol. The fourth-order valence-corrected chi connectivity index (χ4v) is 3.08. The highest BCUT2D eigenvalue weighted by Gasteiger charge is 2.13. The van der Waals surface area contributed by atoms with Gasteiger partial charge in [-0.25, -0.2) is 0 Å². The van der Waals surface area contributed by atoms with Gasteiger partial charge in [0.1, 0.15) is 5.76 Å². The van der Waals surface area contributed by atoms with Gasteiger partial charge in [0.15, 0.2) is 5.76 Å². The molecule has 2 heterocycles. The maximum atomic E-state index is 12.2. The summed E-state index contributed by atoms with van der Waals surface area (Å²) in [7, 11) is 0. The van der Waals surface area contributed by atoms with Gasteiger partial charge in [-0.3, -0.25) is 4.79 Å². The van der Waals surface area contributed by atoms with Crippen molar-refractivity contribution in [2.75, 3.05) is 29.6 Å². The monoisotopic (exact) mass is 316 g/mol. The molecule has 0 bridgehead atoms. The number of furan rings is 1. The van der Waals surface area contributed by atoms with Crippen molar-refractivity contribution in [3.63, 3.8) is 0 Å². The second-order valence-electron chi connectivity index (χ2n) is 5.39. The van der Waals surface area contributed by atoms with E-state index in [-0.39, 0.29) is 5.91 Å². The van der Waals surface area contributed by atoms with E-state index in [0.717, 1.165) is 30.3 Å². The van der Waals surface area contributed by atoms with E-state index in [1.165, 1.54) is 18.5 Å². The van der Waals surface area contributed by atoms with Gasteiger partial charge >= 0.3 is 0 Å². The first kappa shape index (κ1) is 15.0. The Morgan fingerprint density at radius 3 is 2.59 bits per heavy atom. The Morgan fingerprint density at radius 2 is 1.91 bits per heavy atom. The summed E-state index contributed by atoms with van der Waals surface area (Å²) in [6.45, 7) is 2.24. The lowest BCUT2D eigenvalue weighted by molar-refractivity contribution is 0.0995. The molecule has 0 saturated carbocycles. The first-order valence-corrected chi connectivity index (χ1v) is 8.89. The Kier molecular flexibility index (Phi) is 4.73. The van der Waals surface area contributed by atoms with Crippen LogP contribution in [0.1, 0.15) is 29.2 Å². The number of carbonyl (C=O) groups excluding carboxylic acids is 1. The third kappa shape index (κ3) is 3.47. The van der Waals surface area contributed by atoms with Gasteiger partial charge in [-0.2, -0.15) is 11.8 Å². The summed E-state index contributed by atoms with van der Waals surface area (Å²) in [4.78, 5) is 14.5. The van der Waals surface area contributed by atoms with Crippen LogP contribution in [0.3, 0.4) is 0 Å². The number of benzene rings is 1. The average Bonchev–Trinajstić information content (AvgIpc) is 3.20. The van der Waals surface area contributed by atoms with E-state index in [2.05, 4.69) is 22.3 Å². The van der Waals surface area contributed by atoms with Crippen molar-refractivity contribution >= 4 is 29.0 Å². The molecule has 1 N–H and O–H groups in total. The fourth-order valence-electron chi connectivity index (χ4n) is 2.64. The van der Waals surface area contributed by atoms with Crippen molar-refractivity contribution in [2.45, 2.75) is 18.6 Å². The molecule has 3 rings (SSSR count). The first-order valence-electron chi connectivity index (χ1n) is 7.50. The summed E-state index contributed by atoms with van der Waals surface area (Å²) in [6.07, 6.45) is 4.52. The Hall–Kier alpha value is -1.88. The molecule has 1 aromatic heterocycles. The van der Waals surface area contributed by atoms with Crippen LogP contribution in [0.25, 0.3) is 0 Å². The third-order valence-corrected chi connectivity index (χ3v) is 4.34. The van der Waals surface area contributed by atoms with E-state index in [1.807, 2.05) is 24.5 Å². The highest BCUT2D eigenvalue weighted by molar-refractivity contribution is 7.97. The average molecular weight is 316 g/mol. The number of thioether (sulfide) groups is 1. The van der Waals surface area contributed by atoms with Crippen LogP contribution in [-0.2, 0) is 5.75 Å². The number of amides is 1. The minimum Gasteiger partial charge on any atom is -0.455 e. The molecule has 116 valence electrons. The van der Waals surface area contributed by atoms with E-state index in [0.29, 0.717) is 5.76 Å². The smallest absolute Gasteiger partial charge is 0.291 e. The van der Waals surface area contributed by atoms with Crippen LogP contribution in [0.4, 0.5) is 11.4 Å². The summed E-state index contributed by atoms with van der Waals surface area (Å²) >= 11 is 1.67. The molecule has 1 aromatic carbocycles. The van der Waals surface area contributed by atoms with E-state index < -0.39 is 0 Å². The molecule has 0 spiro atoms. The zero-order valence-electron chi connectivity index (χ0n) is 12.7. The van der Waals surface area contributed by atoms with E-state index in [1.54, 1.807) is 17.8 Å². The third-order valence-electron chi connectivity index (χ3n) is 3.77. The minimum atomic E-state index is -0.207. The van der Waals surface area contributed by atoms with Gasteiger partial charge in [-0.05, 0) is 55.5 Å². The van der Waals surface area contributed by atoms with Crippen LogP contribution in [0.5, 0.6) is 0 Å². The van der Waals surface area contributed by atoms with Crippen molar-refractivity contribution in [3.05, 3.63) is 47.9 Å². The Balaban J connectivity index is 1.63. The standard InChI is InChI=1S/C17H20N2O2S/c1-22-12-15-8-9-16(21-15)17(20)18-13-4-6-14(7-5-13)19-10-2-3-11-19/h4-9H,2-3,10-12H2,1H3,(H,18,20). The van der Waals surface area contributed by atoms with Gasteiger partial charge in [-0.1, -0.05) is 0 Å². The number of hydrogen-bond donors (Lipinski definition) is 1. The quantitative estimate of drug-likeness (QED) is 0.906. The number of rotatable bonds is 5. The second kappa shape index (κ2) is 6.92. The van der Waals surface area contributed by atoms with E-state index >= 15 is 0 Å². The molecule has 22 heavy (non-hydrogen) atoms. The van der Waals surface area contributed by atoms with Crippen molar-refractivity contribution in [1.82, 2.24) is 0 Å². The predicted octanol–water partition coefficient (Wildman–Crippen LogP) is 4.00. The zero-order valence-corrected chi connectivity index (χ0v) is 13.5. The molecule has 0 aliphatic carbocycles. The van der Waals surface area contributed by atoms with Gasteiger partial charge in [0.2, 0.25) is 0 Å². The molecule has 2 aromatic rings. The topological polar surface area (TPSA) is 45.5 Å². The summed E-state index contributed by atoms with van der Waals surface area (Å²) < 4.78 is 5.52. The lowest BCUT2D eigenvalue weighted by atomic mass is 10.2. The lowest BCUT2D eigenvalue weighted by Gasteiger charge is -2.17. The van der Waals surface area contributed by atoms with Crippen molar-refractivity contribution in [3.8, 4) is 0 Å². The van der Waals surface area contributed by atoms with Crippen molar-refractivity contribution < 1.29 is 9.21 Å². The molecule has 1 aliphatic heterocycles. The normalized spacial score (nSPS) is 14.3. The number of carbonyl (C=O) groups is 1. The van der Waals surface area contributed by atoms with E-state index in [4.69, 9.17) is 4.42 Å². The highest BCUT2D eigenvalue weighted by Crippen LogP contribution is 2.22. The van der Waals surface area contributed by atoms with Crippen LogP contribution in [0, 0.1) is 0 Å². The highest BCUT2D eigenvalue weighted by atomic mass is 32.2. The minimum absolute atomic E-state index is 0.207. The Labute approximate surface area is 134 Å². The summed E-state index contributed by atoms with van der Waals surface area (Å²) in [5.41, 5.74) is 2.01. The van der Waals surface area contributed by atoms with Crippen LogP contribution in [-0.4, -0.2) is 25.3 Å². The summed E-state index contributed by atoms with van der Waals surface area (Å²) in [6, 6.07) is 11.6. The molecular formula is C17H20N2O2S. The van der Waals surface area contributed by atoms with Crippen LogP contribution in [0.2, 0.25) is 0 Å². The van der Waals surface area contributed by atoms with E-state index in [9.17, 15) is 4.79 Å². The molecule has 5 heteroatoms. The largest absolute Gasteiger partial charge is 0.455 e. The molecule has 1 saturated heterocycles. The Bertz CT molecular complexity index is 630. The molecule has 1 aliphatic rings. The molecule has 1 fully saturated rings. The van der Waals surface area contributed by atoms with Gasteiger partial charge < -0.3 is 14.6 Å². The van der Waals surface area contributed by atoms with Crippen molar-refractivity contribution in [2.24, 2.45) is 0 Å². The SMILES string of the molecule is CSCc1ccc(C(=O)Nc2ccc(N3CCCC3)cc2)o1. The molecule has 0 radical (unpaired) electrons. The molecule has 1 amide bonds. The zero-order chi connectivity index (χ0) is 15.4. The van der Waals surface area contributed by atoms with Crippen LogP contribution in [0.15, 0.2) is 40.8 Å². The number of hydrogen-bond acceptors (Lipinski definition) is 4. The Morgan fingerprint density at radius 1 is 1.18 bits per heavy atom. The summed E-state index contributed by atoms with van der Waals surface area (Å²) in [5.74, 6) is 1.74. The van der Waals surface area contributed by atoms with Gasteiger partial charge in [0.25, 0.3) is 5.91 Å². The maximum Gasteiger partial charge on any atom is 0.291 e. The lowest BCUT2D eigenvalue weighted by Crippen LogP contribution is -2.17. The molecule has 4 nitrogen and oxygen atoms in total. The molecule has 0 atom stereocenters. The number of anilines is 2. The van der Waals surface area contributed by atoms with Crippen LogP contribution >= 0.6 is 11.8 Å². The molecule has 0 unspecified atom stereocenters. The second-order valence-corrected chi connectivity index (χ2v) is 6.26. The maximum absolute atomic E-state index is 12.2. The number of nitrogens with one attached hydrogen (secondary N) is 1. The summed E-state index contributed by atoms with van der Waals surface area (Å²) in [5, 5.41) is 2.87. The van der Waals surface area contributed by atoms with Gasteiger partial charge in [0, 0.05) is 24.5 Å². The van der Waals surface area contributed by atoms with Crippen LogP contribution < -0.4 is 10.2 Å². The molecular weight excluding hydrogens is 296 g/mol. The first-order chi connectivity index (χ1) is 10.8. The van der Waals surface area contributed by atoms with Gasteiger partial charge in [0.05, 0.1) is 5.75 Å². The fraction of sp³-hybridized carbons (Fsp3) is 0.353. The van der Waals surface area contributed by atoms with Gasteiger partial charge in [-0.15, -0.1) is 0 Å².